The van der Waals surface area contributed by atoms with Gasteiger partial charge in [0, 0.05) is 21.9 Å². The van der Waals surface area contributed by atoms with Crippen molar-refractivity contribution in [2.24, 2.45) is 0 Å². The summed E-state index contributed by atoms with van der Waals surface area (Å²) in [5.41, 5.74) is 2.33. The number of aromatic amines is 2. The molecule has 0 aliphatic rings. The third-order valence-corrected chi connectivity index (χ3v) is 4.28. The summed E-state index contributed by atoms with van der Waals surface area (Å²) in [6, 6.07) is 5.76. The van der Waals surface area contributed by atoms with Gasteiger partial charge in [0.2, 0.25) is 0 Å². The Morgan fingerprint density at radius 3 is 2.71 bits per heavy atom. The van der Waals surface area contributed by atoms with Crippen LogP contribution in [0.15, 0.2) is 27.5 Å². The maximum Gasteiger partial charge on any atom is 0.276 e. The predicted molar refractivity (Wildman–Crippen MR) is 96.7 cm³/mol. The topological polar surface area (TPSA) is 83.7 Å². The molecule has 0 fully saturated rings. The molecular formula is C17H19BrN4O2. The molecule has 0 aliphatic heterocycles. The van der Waals surface area contributed by atoms with E-state index in [0.717, 1.165) is 21.5 Å². The smallest absolute Gasteiger partial charge is 0.276 e. The van der Waals surface area contributed by atoms with Crippen LogP contribution in [-0.2, 0) is 11.8 Å². The van der Waals surface area contributed by atoms with Crippen LogP contribution in [0.5, 0.6) is 5.75 Å². The summed E-state index contributed by atoms with van der Waals surface area (Å²) in [4.78, 5) is 19.8. The van der Waals surface area contributed by atoms with Crippen LogP contribution in [0.4, 0.5) is 0 Å². The second-order valence-electron chi connectivity index (χ2n) is 6.69. The molecule has 7 heteroatoms. The minimum absolute atomic E-state index is 0.205. The number of hydrogen-bond donors (Lipinski definition) is 2. The fourth-order valence-corrected chi connectivity index (χ4v) is 3.04. The van der Waals surface area contributed by atoms with E-state index in [0.29, 0.717) is 23.3 Å². The molecule has 126 valence electrons. The SMILES string of the molecule is COc1ccc(Br)cc1Cc1nc2c(C(C)(C)C)n[nH]c2c(=O)[nH]1. The van der Waals surface area contributed by atoms with Crippen molar-refractivity contribution in [2.75, 3.05) is 7.11 Å². The number of H-pyrrole nitrogens is 2. The van der Waals surface area contributed by atoms with Crippen molar-refractivity contribution in [2.45, 2.75) is 32.6 Å². The van der Waals surface area contributed by atoms with E-state index in [1.165, 1.54) is 0 Å². The largest absolute Gasteiger partial charge is 0.496 e. The summed E-state index contributed by atoms with van der Waals surface area (Å²) in [6.45, 7) is 6.13. The zero-order chi connectivity index (χ0) is 17.5. The van der Waals surface area contributed by atoms with Gasteiger partial charge in [-0.25, -0.2) is 4.98 Å². The predicted octanol–water partition coefficient (Wildman–Crippen LogP) is 3.31. The van der Waals surface area contributed by atoms with E-state index in [1.807, 2.05) is 39.0 Å². The lowest BCUT2D eigenvalue weighted by molar-refractivity contribution is 0.410. The highest BCUT2D eigenvalue weighted by atomic mass is 79.9. The first-order valence-electron chi connectivity index (χ1n) is 7.60. The normalized spacial score (nSPS) is 11.9. The number of fused-ring (bicyclic) bond motifs is 1. The van der Waals surface area contributed by atoms with E-state index < -0.39 is 0 Å². The number of benzene rings is 1. The van der Waals surface area contributed by atoms with E-state index >= 15 is 0 Å². The summed E-state index contributed by atoms with van der Waals surface area (Å²) >= 11 is 3.46. The van der Waals surface area contributed by atoms with Gasteiger partial charge in [-0.05, 0) is 18.2 Å². The Kier molecular flexibility index (Phi) is 4.21. The summed E-state index contributed by atoms with van der Waals surface area (Å²) in [5, 5.41) is 7.08. The molecule has 0 bridgehead atoms. The van der Waals surface area contributed by atoms with Crippen molar-refractivity contribution >= 4 is 27.0 Å². The Bertz CT molecular complexity index is 953. The van der Waals surface area contributed by atoms with Crippen molar-refractivity contribution in [1.29, 1.82) is 0 Å². The third kappa shape index (κ3) is 3.08. The maximum atomic E-state index is 12.3. The standard InChI is InChI=1S/C17H19BrN4O2/c1-17(2,3)15-13-14(21-22-15)16(23)20-12(19-13)8-9-7-10(18)5-6-11(9)24-4/h5-7H,8H2,1-4H3,(H,21,22)(H,19,20,23). The fourth-order valence-electron chi connectivity index (χ4n) is 2.63. The lowest BCUT2D eigenvalue weighted by Crippen LogP contribution is -2.15. The van der Waals surface area contributed by atoms with E-state index in [-0.39, 0.29) is 11.0 Å². The van der Waals surface area contributed by atoms with Crippen molar-refractivity contribution in [3.05, 3.63) is 50.1 Å². The van der Waals surface area contributed by atoms with Crippen molar-refractivity contribution in [3.8, 4) is 5.75 Å². The van der Waals surface area contributed by atoms with Crippen molar-refractivity contribution in [3.63, 3.8) is 0 Å². The first-order chi connectivity index (χ1) is 11.3. The van der Waals surface area contributed by atoms with Crippen LogP contribution in [0.2, 0.25) is 0 Å². The van der Waals surface area contributed by atoms with E-state index in [2.05, 4.69) is 36.1 Å². The lowest BCUT2D eigenvalue weighted by atomic mass is 9.91. The average molecular weight is 391 g/mol. The van der Waals surface area contributed by atoms with Crippen molar-refractivity contribution in [1.82, 2.24) is 20.2 Å². The molecule has 0 aliphatic carbocycles. The van der Waals surface area contributed by atoms with Crippen molar-refractivity contribution < 1.29 is 4.74 Å². The zero-order valence-corrected chi connectivity index (χ0v) is 15.6. The molecule has 0 atom stereocenters. The van der Waals surface area contributed by atoms with Crippen LogP contribution in [0, 0.1) is 0 Å². The molecule has 6 nitrogen and oxygen atoms in total. The molecule has 0 unspecified atom stereocenters. The van der Waals surface area contributed by atoms with Gasteiger partial charge < -0.3 is 9.72 Å². The maximum absolute atomic E-state index is 12.3. The molecule has 3 rings (SSSR count). The molecule has 0 spiro atoms. The van der Waals surface area contributed by atoms with Gasteiger partial charge in [-0.2, -0.15) is 5.10 Å². The molecule has 2 heterocycles. The van der Waals surface area contributed by atoms with Crippen LogP contribution < -0.4 is 10.3 Å². The van der Waals surface area contributed by atoms with Gasteiger partial charge in [0.05, 0.1) is 12.8 Å². The van der Waals surface area contributed by atoms with Crippen LogP contribution >= 0.6 is 15.9 Å². The molecule has 2 aromatic heterocycles. The Balaban J connectivity index is 2.11. The molecule has 0 saturated carbocycles. The second-order valence-corrected chi connectivity index (χ2v) is 7.61. The number of nitrogens with one attached hydrogen (secondary N) is 2. The van der Waals surface area contributed by atoms with Crippen LogP contribution in [0.1, 0.15) is 37.9 Å². The number of aromatic nitrogens is 4. The molecule has 3 aromatic rings. The number of halogens is 1. The zero-order valence-electron chi connectivity index (χ0n) is 14.0. The average Bonchev–Trinajstić information content (AvgIpc) is 2.92. The van der Waals surface area contributed by atoms with Crippen LogP contribution in [0.25, 0.3) is 11.0 Å². The Hall–Kier alpha value is -2.15. The van der Waals surface area contributed by atoms with Gasteiger partial charge in [-0.15, -0.1) is 0 Å². The van der Waals surface area contributed by atoms with E-state index in [4.69, 9.17) is 4.74 Å². The minimum Gasteiger partial charge on any atom is -0.496 e. The summed E-state index contributed by atoms with van der Waals surface area (Å²) in [6.07, 6.45) is 0.461. The van der Waals surface area contributed by atoms with Gasteiger partial charge in [-0.3, -0.25) is 9.89 Å². The van der Waals surface area contributed by atoms with Gasteiger partial charge in [0.25, 0.3) is 5.56 Å². The molecule has 0 radical (unpaired) electrons. The molecule has 0 saturated heterocycles. The van der Waals surface area contributed by atoms with E-state index in [9.17, 15) is 4.79 Å². The number of nitrogens with zero attached hydrogens (tertiary/aromatic N) is 2. The first kappa shape index (κ1) is 16.7. The highest BCUT2D eigenvalue weighted by Crippen LogP contribution is 2.27. The number of ether oxygens (including phenoxy) is 1. The molecular weight excluding hydrogens is 372 g/mol. The Labute approximate surface area is 147 Å². The number of hydrogen-bond acceptors (Lipinski definition) is 4. The quantitative estimate of drug-likeness (QED) is 0.718. The minimum atomic E-state index is -0.216. The van der Waals surface area contributed by atoms with Crippen LogP contribution in [0.3, 0.4) is 0 Å². The monoisotopic (exact) mass is 390 g/mol. The Morgan fingerprint density at radius 2 is 2.04 bits per heavy atom. The summed E-state index contributed by atoms with van der Waals surface area (Å²) in [5.74, 6) is 1.33. The van der Waals surface area contributed by atoms with Gasteiger partial charge in [-0.1, -0.05) is 36.7 Å². The van der Waals surface area contributed by atoms with Gasteiger partial charge >= 0.3 is 0 Å². The molecule has 24 heavy (non-hydrogen) atoms. The van der Waals surface area contributed by atoms with E-state index in [1.54, 1.807) is 7.11 Å². The Morgan fingerprint density at radius 1 is 1.29 bits per heavy atom. The fraction of sp³-hybridized carbons (Fsp3) is 0.353. The van der Waals surface area contributed by atoms with Gasteiger partial charge in [0.15, 0.2) is 0 Å². The third-order valence-electron chi connectivity index (χ3n) is 3.78. The summed E-state index contributed by atoms with van der Waals surface area (Å²) < 4.78 is 6.34. The van der Waals surface area contributed by atoms with Gasteiger partial charge in [0.1, 0.15) is 22.6 Å². The number of rotatable bonds is 3. The number of methoxy groups -OCH3 is 1. The summed E-state index contributed by atoms with van der Waals surface area (Å²) in [7, 11) is 1.62. The molecule has 0 amide bonds. The highest BCUT2D eigenvalue weighted by Gasteiger charge is 2.23. The lowest BCUT2D eigenvalue weighted by Gasteiger charge is -2.15. The molecule has 2 N–H and O–H groups in total. The second kappa shape index (κ2) is 6.05. The molecule has 1 aromatic carbocycles. The van der Waals surface area contributed by atoms with Crippen LogP contribution in [-0.4, -0.2) is 27.3 Å². The highest BCUT2D eigenvalue weighted by molar-refractivity contribution is 9.10. The first-order valence-corrected chi connectivity index (χ1v) is 8.39.